The molecule has 4 N–H and O–H groups in total. The number of nitrogen functional groups attached to an aromatic ring is 1. The largest absolute Gasteiger partial charge is 0.397 e. The molecule has 1 aromatic carbocycles. The lowest BCUT2D eigenvalue weighted by Gasteiger charge is -2.27. The normalized spacial score (nSPS) is 17.3. The summed E-state index contributed by atoms with van der Waals surface area (Å²) in [5.74, 6) is 0. The van der Waals surface area contributed by atoms with Crippen molar-refractivity contribution in [2.75, 3.05) is 24.2 Å². The highest BCUT2D eigenvalue weighted by Crippen LogP contribution is 2.38. The van der Waals surface area contributed by atoms with Crippen molar-refractivity contribution < 1.29 is 5.11 Å². The van der Waals surface area contributed by atoms with Crippen LogP contribution in [0.5, 0.6) is 0 Å². The molecule has 4 heteroatoms. The number of hydrogen-bond donors (Lipinski definition) is 3. The molecule has 0 aromatic heterocycles. The second kappa shape index (κ2) is 5.28. The first-order valence-electron chi connectivity index (χ1n) is 6.33. The number of rotatable bonds is 4. The Labute approximate surface area is 107 Å². The van der Waals surface area contributed by atoms with Gasteiger partial charge in [-0.15, -0.1) is 0 Å². The van der Waals surface area contributed by atoms with Crippen molar-refractivity contribution in [2.45, 2.75) is 25.7 Å². The van der Waals surface area contributed by atoms with Gasteiger partial charge in [0.1, 0.15) is 0 Å². The molecule has 0 radical (unpaired) electrons. The topological polar surface area (TPSA) is 82.1 Å². The molecule has 0 bridgehead atoms. The number of anilines is 2. The van der Waals surface area contributed by atoms with E-state index in [1.807, 2.05) is 6.07 Å². The second-order valence-electron chi connectivity index (χ2n) is 5.13. The smallest absolute Gasteiger partial charge is 0.0992 e. The highest BCUT2D eigenvalue weighted by molar-refractivity contribution is 5.68. The average Bonchev–Trinajstić information content (AvgIpc) is 2.86. The number of nitrogens with zero attached hydrogens (tertiary/aromatic N) is 1. The first kappa shape index (κ1) is 12.7. The summed E-state index contributed by atoms with van der Waals surface area (Å²) in [7, 11) is 0. The number of benzene rings is 1. The van der Waals surface area contributed by atoms with E-state index >= 15 is 0 Å². The van der Waals surface area contributed by atoms with E-state index in [-0.39, 0.29) is 12.0 Å². The van der Waals surface area contributed by atoms with Crippen LogP contribution in [0.2, 0.25) is 0 Å². The van der Waals surface area contributed by atoms with Gasteiger partial charge >= 0.3 is 0 Å². The van der Waals surface area contributed by atoms with E-state index in [0.29, 0.717) is 11.3 Å². The zero-order chi connectivity index (χ0) is 13.0. The number of aliphatic hydroxyl groups is 1. The van der Waals surface area contributed by atoms with Crippen LogP contribution in [0.15, 0.2) is 18.2 Å². The standard InChI is InChI=1S/C14H19N3O/c15-8-11-3-4-13(12(16)7-11)17-9-14(10-18)5-1-2-6-14/h3-4,7,17-18H,1-2,5-6,9-10,16H2. The van der Waals surface area contributed by atoms with E-state index in [2.05, 4.69) is 11.4 Å². The van der Waals surface area contributed by atoms with Gasteiger partial charge in [0.15, 0.2) is 0 Å². The maximum atomic E-state index is 9.53. The molecule has 1 fully saturated rings. The second-order valence-corrected chi connectivity index (χ2v) is 5.13. The molecule has 0 heterocycles. The number of nitriles is 1. The molecule has 1 aliphatic carbocycles. The minimum atomic E-state index is 0.000337. The minimum Gasteiger partial charge on any atom is -0.397 e. The molecule has 1 aromatic rings. The summed E-state index contributed by atoms with van der Waals surface area (Å²) >= 11 is 0. The van der Waals surface area contributed by atoms with Crippen molar-refractivity contribution in [1.82, 2.24) is 0 Å². The van der Waals surface area contributed by atoms with Crippen LogP contribution in [0.3, 0.4) is 0 Å². The molecule has 1 aliphatic rings. The Balaban J connectivity index is 2.04. The predicted molar refractivity (Wildman–Crippen MR) is 72.0 cm³/mol. The van der Waals surface area contributed by atoms with E-state index in [1.54, 1.807) is 12.1 Å². The first-order chi connectivity index (χ1) is 8.69. The van der Waals surface area contributed by atoms with Crippen molar-refractivity contribution >= 4 is 11.4 Å². The third kappa shape index (κ3) is 2.57. The molecular weight excluding hydrogens is 226 g/mol. The molecule has 0 spiro atoms. The van der Waals surface area contributed by atoms with Gasteiger partial charge in [-0.1, -0.05) is 12.8 Å². The van der Waals surface area contributed by atoms with Crippen molar-refractivity contribution in [1.29, 1.82) is 5.26 Å². The van der Waals surface area contributed by atoms with Crippen molar-refractivity contribution in [3.8, 4) is 6.07 Å². The van der Waals surface area contributed by atoms with Gasteiger partial charge in [0.05, 0.1) is 29.6 Å². The summed E-state index contributed by atoms with van der Waals surface area (Å²) in [6.45, 7) is 0.954. The molecule has 18 heavy (non-hydrogen) atoms. The third-order valence-electron chi connectivity index (χ3n) is 3.83. The maximum Gasteiger partial charge on any atom is 0.0992 e. The summed E-state index contributed by atoms with van der Waals surface area (Å²) in [5.41, 5.74) is 7.88. The molecule has 0 unspecified atom stereocenters. The number of aliphatic hydroxyl groups excluding tert-OH is 1. The van der Waals surface area contributed by atoms with E-state index in [9.17, 15) is 5.11 Å². The van der Waals surface area contributed by atoms with Crippen LogP contribution in [0.4, 0.5) is 11.4 Å². The van der Waals surface area contributed by atoms with Gasteiger partial charge < -0.3 is 16.2 Å². The third-order valence-corrected chi connectivity index (χ3v) is 3.83. The molecular formula is C14H19N3O. The van der Waals surface area contributed by atoms with Crippen LogP contribution in [-0.4, -0.2) is 18.3 Å². The summed E-state index contributed by atoms with van der Waals surface area (Å²) in [5, 5.41) is 21.6. The fourth-order valence-corrected chi connectivity index (χ4v) is 2.59. The lowest BCUT2D eigenvalue weighted by molar-refractivity contribution is 0.142. The van der Waals surface area contributed by atoms with E-state index < -0.39 is 0 Å². The van der Waals surface area contributed by atoms with Crippen molar-refractivity contribution in [2.24, 2.45) is 5.41 Å². The highest BCUT2D eigenvalue weighted by atomic mass is 16.3. The zero-order valence-electron chi connectivity index (χ0n) is 10.4. The number of hydrogen-bond acceptors (Lipinski definition) is 4. The Hall–Kier alpha value is -1.73. The quantitative estimate of drug-likeness (QED) is 0.709. The summed E-state index contributed by atoms with van der Waals surface area (Å²) in [6.07, 6.45) is 4.50. The zero-order valence-corrected chi connectivity index (χ0v) is 10.4. The summed E-state index contributed by atoms with van der Waals surface area (Å²) in [6, 6.07) is 7.31. The van der Waals surface area contributed by atoms with E-state index in [0.717, 1.165) is 25.1 Å². The van der Waals surface area contributed by atoms with E-state index in [4.69, 9.17) is 11.0 Å². The summed E-state index contributed by atoms with van der Waals surface area (Å²) < 4.78 is 0. The number of nitrogens with one attached hydrogen (secondary N) is 1. The Morgan fingerprint density at radius 2 is 2.11 bits per heavy atom. The Kier molecular flexibility index (Phi) is 3.73. The first-order valence-corrected chi connectivity index (χ1v) is 6.33. The molecule has 1 saturated carbocycles. The Morgan fingerprint density at radius 1 is 1.39 bits per heavy atom. The van der Waals surface area contributed by atoms with Gasteiger partial charge in [-0.3, -0.25) is 0 Å². The van der Waals surface area contributed by atoms with Crippen molar-refractivity contribution in [3.05, 3.63) is 23.8 Å². The lowest BCUT2D eigenvalue weighted by Crippen LogP contribution is -2.30. The minimum absolute atomic E-state index is 0.000337. The van der Waals surface area contributed by atoms with Gasteiger partial charge in [0.25, 0.3) is 0 Å². The van der Waals surface area contributed by atoms with E-state index in [1.165, 1.54) is 12.8 Å². The Bertz CT molecular complexity index is 459. The van der Waals surface area contributed by atoms with Crippen LogP contribution in [-0.2, 0) is 0 Å². The lowest BCUT2D eigenvalue weighted by atomic mass is 9.87. The molecule has 2 rings (SSSR count). The summed E-state index contributed by atoms with van der Waals surface area (Å²) in [4.78, 5) is 0. The fourth-order valence-electron chi connectivity index (χ4n) is 2.59. The van der Waals surface area contributed by atoms with Crippen LogP contribution >= 0.6 is 0 Å². The van der Waals surface area contributed by atoms with Crippen LogP contribution in [0, 0.1) is 16.7 Å². The molecule has 0 aliphatic heterocycles. The van der Waals surface area contributed by atoms with Crippen LogP contribution in [0.25, 0.3) is 0 Å². The van der Waals surface area contributed by atoms with Gasteiger partial charge in [-0.05, 0) is 31.0 Å². The molecule has 96 valence electrons. The molecule has 4 nitrogen and oxygen atoms in total. The number of nitrogens with two attached hydrogens (primary N) is 1. The fraction of sp³-hybridized carbons (Fsp3) is 0.500. The molecule has 0 atom stereocenters. The predicted octanol–water partition coefficient (Wildman–Crippen LogP) is 2.11. The molecule has 0 saturated heterocycles. The van der Waals surface area contributed by atoms with Gasteiger partial charge in [-0.25, -0.2) is 0 Å². The maximum absolute atomic E-state index is 9.53. The Morgan fingerprint density at radius 3 is 2.67 bits per heavy atom. The van der Waals surface area contributed by atoms with Crippen LogP contribution < -0.4 is 11.1 Å². The highest BCUT2D eigenvalue weighted by Gasteiger charge is 2.32. The SMILES string of the molecule is N#Cc1ccc(NCC2(CO)CCCC2)c(N)c1. The van der Waals surface area contributed by atoms with Gasteiger partial charge in [0.2, 0.25) is 0 Å². The van der Waals surface area contributed by atoms with Crippen LogP contribution in [0.1, 0.15) is 31.2 Å². The monoisotopic (exact) mass is 245 g/mol. The van der Waals surface area contributed by atoms with Gasteiger partial charge in [-0.2, -0.15) is 5.26 Å². The van der Waals surface area contributed by atoms with Gasteiger partial charge in [0, 0.05) is 12.0 Å². The average molecular weight is 245 g/mol. The van der Waals surface area contributed by atoms with Crippen molar-refractivity contribution in [3.63, 3.8) is 0 Å². The molecule has 0 amide bonds.